The number of carboxylic acids is 1. The number of hydrogen-bond acceptors (Lipinski definition) is 4. The Bertz CT molecular complexity index is 972. The van der Waals surface area contributed by atoms with Crippen LogP contribution in [0.3, 0.4) is 0 Å². The van der Waals surface area contributed by atoms with Gasteiger partial charge in [-0.15, -0.1) is 0 Å². The van der Waals surface area contributed by atoms with Crippen LogP contribution in [-0.2, 0) is 14.3 Å². The Balaban J connectivity index is 1.44. The molecular formula is C26H32N2O5. The van der Waals surface area contributed by atoms with E-state index in [2.05, 4.69) is 29.6 Å². The highest BCUT2D eigenvalue weighted by Gasteiger charge is 2.29. The first kappa shape index (κ1) is 24.3. The van der Waals surface area contributed by atoms with Crippen LogP contribution < -0.4 is 5.32 Å². The minimum absolute atomic E-state index is 0.0217. The first-order valence-electron chi connectivity index (χ1n) is 11.2. The van der Waals surface area contributed by atoms with Gasteiger partial charge in [0.1, 0.15) is 13.2 Å². The quantitative estimate of drug-likeness (QED) is 0.561. The van der Waals surface area contributed by atoms with Gasteiger partial charge in [0.2, 0.25) is 5.91 Å². The summed E-state index contributed by atoms with van der Waals surface area (Å²) in [5, 5.41) is 11.6. The van der Waals surface area contributed by atoms with Crippen molar-refractivity contribution in [2.24, 2.45) is 5.41 Å². The van der Waals surface area contributed by atoms with Gasteiger partial charge in [-0.05, 0) is 40.5 Å². The molecule has 0 heterocycles. The average molecular weight is 453 g/mol. The fraction of sp³-hybridized carbons (Fsp3) is 0.423. The van der Waals surface area contributed by atoms with Gasteiger partial charge >= 0.3 is 12.1 Å². The molecule has 0 bridgehead atoms. The van der Waals surface area contributed by atoms with Crippen LogP contribution in [0.4, 0.5) is 4.79 Å². The number of nitrogens with zero attached hydrogens (tertiary/aromatic N) is 1. The Morgan fingerprint density at radius 1 is 1.00 bits per heavy atom. The number of benzene rings is 2. The first-order valence-corrected chi connectivity index (χ1v) is 11.2. The minimum Gasteiger partial charge on any atom is -0.480 e. The van der Waals surface area contributed by atoms with E-state index in [1.54, 1.807) is 0 Å². The average Bonchev–Trinajstić information content (AvgIpc) is 3.09. The molecule has 2 N–H and O–H groups in total. The molecule has 0 unspecified atom stereocenters. The number of hydrogen-bond donors (Lipinski definition) is 2. The first-order chi connectivity index (χ1) is 15.7. The summed E-state index contributed by atoms with van der Waals surface area (Å²) in [6.45, 7) is 4.45. The van der Waals surface area contributed by atoms with Crippen molar-refractivity contribution in [3.05, 3.63) is 59.7 Å². The maximum absolute atomic E-state index is 12.3. The molecule has 0 radical (unpaired) electrons. The molecule has 2 aromatic carbocycles. The second-order valence-corrected chi connectivity index (χ2v) is 9.31. The molecule has 0 aromatic heterocycles. The van der Waals surface area contributed by atoms with Gasteiger partial charge in [0, 0.05) is 25.9 Å². The summed E-state index contributed by atoms with van der Waals surface area (Å²) in [5.74, 6) is -1.21. The van der Waals surface area contributed by atoms with Gasteiger partial charge in [0.05, 0.1) is 0 Å². The van der Waals surface area contributed by atoms with Crippen LogP contribution in [0.2, 0.25) is 0 Å². The lowest BCUT2D eigenvalue weighted by molar-refractivity contribution is -0.143. The van der Waals surface area contributed by atoms with Gasteiger partial charge in [0.25, 0.3) is 0 Å². The smallest absolute Gasteiger partial charge is 0.407 e. The van der Waals surface area contributed by atoms with Crippen molar-refractivity contribution in [3.63, 3.8) is 0 Å². The van der Waals surface area contributed by atoms with E-state index < -0.39 is 12.1 Å². The molecule has 2 amide bonds. The predicted molar refractivity (Wildman–Crippen MR) is 126 cm³/mol. The van der Waals surface area contributed by atoms with Crippen LogP contribution >= 0.6 is 0 Å². The number of nitrogens with one attached hydrogen (secondary N) is 1. The summed E-state index contributed by atoms with van der Waals surface area (Å²) >= 11 is 0. The Hall–Kier alpha value is -3.35. The van der Waals surface area contributed by atoms with E-state index in [1.807, 2.05) is 38.1 Å². The highest BCUT2D eigenvalue weighted by Crippen LogP contribution is 2.44. The molecule has 0 spiro atoms. The highest BCUT2D eigenvalue weighted by atomic mass is 16.5. The predicted octanol–water partition coefficient (Wildman–Crippen LogP) is 4.26. The van der Waals surface area contributed by atoms with Gasteiger partial charge in [-0.25, -0.2) is 4.79 Å². The number of carboxylic acid groups (broad SMARTS) is 1. The zero-order valence-corrected chi connectivity index (χ0v) is 19.5. The number of carbonyl (C=O) groups is 3. The lowest BCUT2D eigenvalue weighted by atomic mass is 9.84. The summed E-state index contributed by atoms with van der Waals surface area (Å²) in [5.41, 5.74) is 4.53. The molecule has 0 atom stereocenters. The Morgan fingerprint density at radius 3 is 2.15 bits per heavy atom. The summed E-state index contributed by atoms with van der Waals surface area (Å²) in [4.78, 5) is 36.3. The van der Waals surface area contributed by atoms with Crippen molar-refractivity contribution in [1.82, 2.24) is 10.2 Å². The SMILES string of the molecule is CN(CC(=O)O)C(=O)CCC(C)(C)CCNC(=O)OCC1c2ccccc2-c2ccccc21. The van der Waals surface area contributed by atoms with Crippen molar-refractivity contribution >= 4 is 18.0 Å². The number of alkyl carbamates (subject to hydrolysis) is 1. The third-order valence-electron chi connectivity index (χ3n) is 6.23. The third-order valence-corrected chi connectivity index (χ3v) is 6.23. The summed E-state index contributed by atoms with van der Waals surface area (Å²) in [6, 6.07) is 16.4. The molecule has 176 valence electrons. The highest BCUT2D eigenvalue weighted by molar-refractivity contribution is 5.81. The lowest BCUT2D eigenvalue weighted by Gasteiger charge is -2.25. The maximum atomic E-state index is 12.3. The van der Waals surface area contributed by atoms with Crippen molar-refractivity contribution in [3.8, 4) is 11.1 Å². The largest absolute Gasteiger partial charge is 0.480 e. The zero-order chi connectivity index (χ0) is 24.0. The molecule has 2 aromatic rings. The van der Waals surface area contributed by atoms with E-state index in [1.165, 1.54) is 34.2 Å². The number of rotatable bonds is 10. The van der Waals surface area contributed by atoms with Crippen LogP contribution in [0.1, 0.15) is 50.2 Å². The molecule has 3 rings (SSSR count). The maximum Gasteiger partial charge on any atom is 0.407 e. The van der Waals surface area contributed by atoms with Crippen LogP contribution in [0, 0.1) is 5.41 Å². The van der Waals surface area contributed by atoms with Gasteiger partial charge in [-0.3, -0.25) is 9.59 Å². The number of carbonyl (C=O) groups excluding carboxylic acids is 2. The van der Waals surface area contributed by atoms with E-state index in [0.717, 1.165) is 0 Å². The van der Waals surface area contributed by atoms with Crippen LogP contribution in [-0.4, -0.2) is 54.7 Å². The Morgan fingerprint density at radius 2 is 1.58 bits per heavy atom. The molecule has 0 saturated heterocycles. The molecular weight excluding hydrogens is 420 g/mol. The van der Waals surface area contributed by atoms with Gasteiger partial charge < -0.3 is 20.1 Å². The van der Waals surface area contributed by atoms with E-state index in [-0.39, 0.29) is 36.8 Å². The van der Waals surface area contributed by atoms with Crippen molar-refractivity contribution in [2.45, 2.75) is 39.0 Å². The number of aliphatic carboxylic acids is 1. The standard InChI is InChI=1S/C26H32N2O5/c1-26(2,13-12-23(29)28(3)16-24(30)31)14-15-27-25(32)33-17-22-20-10-6-4-8-18(20)19-9-5-7-11-21(19)22/h4-11,22H,12-17H2,1-3H3,(H,27,32)(H,30,31). The zero-order valence-electron chi connectivity index (χ0n) is 19.5. The van der Waals surface area contributed by atoms with E-state index in [4.69, 9.17) is 9.84 Å². The molecule has 7 heteroatoms. The van der Waals surface area contributed by atoms with Gasteiger partial charge in [0.15, 0.2) is 0 Å². The molecule has 0 fully saturated rings. The van der Waals surface area contributed by atoms with Gasteiger partial charge in [-0.1, -0.05) is 62.4 Å². The normalized spacial score (nSPS) is 12.6. The third kappa shape index (κ3) is 6.34. The second kappa shape index (κ2) is 10.5. The molecule has 0 saturated carbocycles. The Kier molecular flexibility index (Phi) is 7.74. The van der Waals surface area contributed by atoms with E-state index >= 15 is 0 Å². The molecule has 0 aliphatic heterocycles. The topological polar surface area (TPSA) is 95.9 Å². The van der Waals surface area contributed by atoms with Crippen molar-refractivity contribution in [1.29, 1.82) is 0 Å². The number of fused-ring (bicyclic) bond motifs is 3. The van der Waals surface area contributed by atoms with Crippen molar-refractivity contribution in [2.75, 3.05) is 26.7 Å². The lowest BCUT2D eigenvalue weighted by Crippen LogP contribution is -2.33. The second-order valence-electron chi connectivity index (χ2n) is 9.31. The fourth-order valence-corrected chi connectivity index (χ4v) is 4.20. The Labute approximate surface area is 194 Å². The van der Waals surface area contributed by atoms with Crippen LogP contribution in [0.25, 0.3) is 11.1 Å². The number of likely N-dealkylation sites (N-methyl/N-ethyl adjacent to an activating group) is 1. The monoisotopic (exact) mass is 452 g/mol. The summed E-state index contributed by atoms with van der Waals surface area (Å²) in [7, 11) is 1.49. The minimum atomic E-state index is -1.03. The van der Waals surface area contributed by atoms with Crippen molar-refractivity contribution < 1.29 is 24.2 Å². The van der Waals surface area contributed by atoms with Crippen LogP contribution in [0.15, 0.2) is 48.5 Å². The van der Waals surface area contributed by atoms with E-state index in [0.29, 0.717) is 19.4 Å². The molecule has 1 aliphatic carbocycles. The number of amides is 2. The molecule has 33 heavy (non-hydrogen) atoms. The number of ether oxygens (including phenoxy) is 1. The molecule has 1 aliphatic rings. The summed E-state index contributed by atoms with van der Waals surface area (Å²) in [6.07, 6.45) is 1.08. The van der Waals surface area contributed by atoms with Gasteiger partial charge in [-0.2, -0.15) is 0 Å². The van der Waals surface area contributed by atoms with Crippen LogP contribution in [0.5, 0.6) is 0 Å². The molecule has 7 nitrogen and oxygen atoms in total. The van der Waals surface area contributed by atoms with E-state index in [9.17, 15) is 14.4 Å². The summed E-state index contributed by atoms with van der Waals surface area (Å²) < 4.78 is 5.55. The fourth-order valence-electron chi connectivity index (χ4n) is 4.20.